The van der Waals surface area contributed by atoms with Gasteiger partial charge in [-0.05, 0) is 43.9 Å². The summed E-state index contributed by atoms with van der Waals surface area (Å²) in [6.07, 6.45) is 3.49. The lowest BCUT2D eigenvalue weighted by Crippen LogP contribution is -2.38. The largest absolute Gasteiger partial charge is 0.375 e. The first-order valence-electron chi connectivity index (χ1n) is 8.06. The lowest BCUT2D eigenvalue weighted by Gasteiger charge is -2.32. The third-order valence-electron chi connectivity index (χ3n) is 4.35. The molecule has 1 nitrogen and oxygen atoms in total. The fraction of sp³-hybridized carbons (Fsp3) is 1.00. The first kappa shape index (κ1) is 16.9. The molecule has 0 saturated heterocycles. The average Bonchev–Trinajstić information content (AvgIpc) is 2.44. The highest BCUT2D eigenvalue weighted by atomic mass is 19.2. The first-order chi connectivity index (χ1) is 9.16. The summed E-state index contributed by atoms with van der Waals surface area (Å²) in [7, 11) is 0. The van der Waals surface area contributed by atoms with Crippen molar-refractivity contribution >= 4 is 0 Å². The Balaban J connectivity index is 0.000000861. The van der Waals surface area contributed by atoms with Gasteiger partial charge in [-0.3, -0.25) is 0 Å². The van der Waals surface area contributed by atoms with Crippen LogP contribution in [0.1, 0.15) is 65.7 Å². The van der Waals surface area contributed by atoms with Crippen LogP contribution in [-0.4, -0.2) is 25.1 Å². The molecular weight excluding hydrogens is 246 g/mol. The van der Waals surface area contributed by atoms with Crippen molar-refractivity contribution in [3.63, 3.8) is 0 Å². The van der Waals surface area contributed by atoms with Gasteiger partial charge in [0.15, 0.2) is 6.17 Å². The third kappa shape index (κ3) is 5.37. The van der Waals surface area contributed by atoms with Gasteiger partial charge in [0.2, 0.25) is 0 Å². The van der Waals surface area contributed by atoms with E-state index in [9.17, 15) is 8.78 Å². The molecule has 3 heteroatoms. The Bertz CT molecular complexity index is 227. The Kier molecular flexibility index (Phi) is 7.89. The smallest absolute Gasteiger partial charge is 0.157 e. The van der Waals surface area contributed by atoms with Gasteiger partial charge in [-0.2, -0.15) is 0 Å². The monoisotopic (exact) mass is 276 g/mol. The minimum Gasteiger partial charge on any atom is -0.375 e. The van der Waals surface area contributed by atoms with Crippen molar-refractivity contribution < 1.29 is 13.5 Å². The second kappa shape index (κ2) is 8.89. The van der Waals surface area contributed by atoms with Crippen molar-refractivity contribution in [2.75, 3.05) is 6.61 Å². The van der Waals surface area contributed by atoms with Crippen molar-refractivity contribution in [1.82, 2.24) is 0 Å². The Morgan fingerprint density at radius 2 is 1.58 bits per heavy atom. The molecule has 0 aromatic heterocycles. The fourth-order valence-electron chi connectivity index (χ4n) is 3.00. The molecule has 0 heterocycles. The van der Waals surface area contributed by atoms with Gasteiger partial charge in [-0.15, -0.1) is 0 Å². The van der Waals surface area contributed by atoms with Crippen molar-refractivity contribution in [2.24, 2.45) is 11.8 Å². The van der Waals surface area contributed by atoms with E-state index in [2.05, 4.69) is 6.92 Å². The maximum absolute atomic E-state index is 13.6. The topological polar surface area (TPSA) is 9.23 Å². The van der Waals surface area contributed by atoms with E-state index in [0.717, 1.165) is 12.3 Å². The van der Waals surface area contributed by atoms with Crippen molar-refractivity contribution in [3.8, 4) is 0 Å². The Hall–Kier alpha value is -0.180. The van der Waals surface area contributed by atoms with Crippen LogP contribution >= 0.6 is 0 Å². The number of alkyl halides is 2. The summed E-state index contributed by atoms with van der Waals surface area (Å²) < 4.78 is 32.4. The summed E-state index contributed by atoms with van der Waals surface area (Å²) in [4.78, 5) is 0. The van der Waals surface area contributed by atoms with Crippen LogP contribution in [0, 0.1) is 11.8 Å². The quantitative estimate of drug-likeness (QED) is 0.698. The van der Waals surface area contributed by atoms with Gasteiger partial charge >= 0.3 is 0 Å². The molecule has 3 unspecified atom stereocenters. The summed E-state index contributed by atoms with van der Waals surface area (Å²) in [6, 6.07) is 0. The zero-order chi connectivity index (χ0) is 14.3. The number of halogens is 2. The van der Waals surface area contributed by atoms with Gasteiger partial charge in [-0.25, -0.2) is 8.78 Å². The van der Waals surface area contributed by atoms with Crippen LogP contribution in [0.4, 0.5) is 8.78 Å². The van der Waals surface area contributed by atoms with Crippen LogP contribution in [0.15, 0.2) is 0 Å². The lowest BCUT2D eigenvalue weighted by molar-refractivity contribution is -0.0693. The highest BCUT2D eigenvalue weighted by Gasteiger charge is 2.34. The van der Waals surface area contributed by atoms with E-state index in [4.69, 9.17) is 4.74 Å². The van der Waals surface area contributed by atoms with E-state index in [-0.39, 0.29) is 0 Å². The molecule has 2 aliphatic rings. The SMILES string of the molecule is CC.CC1CCC(COC2CCCC(F)C2F)CC1. The number of hydrogen-bond donors (Lipinski definition) is 0. The summed E-state index contributed by atoms with van der Waals surface area (Å²) in [6.45, 7) is 6.91. The van der Waals surface area contributed by atoms with Crippen LogP contribution < -0.4 is 0 Å². The van der Waals surface area contributed by atoms with Crippen LogP contribution in [0.25, 0.3) is 0 Å². The molecule has 0 radical (unpaired) electrons. The van der Waals surface area contributed by atoms with Crippen LogP contribution in [0.2, 0.25) is 0 Å². The molecule has 0 aromatic carbocycles. The Morgan fingerprint density at radius 1 is 0.947 bits per heavy atom. The third-order valence-corrected chi connectivity index (χ3v) is 4.35. The van der Waals surface area contributed by atoms with Gasteiger partial charge in [0.1, 0.15) is 6.17 Å². The van der Waals surface area contributed by atoms with Gasteiger partial charge in [-0.1, -0.05) is 33.6 Å². The zero-order valence-electron chi connectivity index (χ0n) is 12.7. The van der Waals surface area contributed by atoms with E-state index in [0.29, 0.717) is 25.4 Å². The molecule has 114 valence electrons. The fourth-order valence-corrected chi connectivity index (χ4v) is 3.00. The van der Waals surface area contributed by atoms with E-state index in [1.807, 2.05) is 13.8 Å². The maximum atomic E-state index is 13.6. The van der Waals surface area contributed by atoms with E-state index >= 15 is 0 Å². The molecule has 0 bridgehead atoms. The van der Waals surface area contributed by atoms with Gasteiger partial charge in [0.05, 0.1) is 6.10 Å². The molecule has 2 saturated carbocycles. The standard InChI is InChI=1S/C14H24F2O.C2H6/c1-10-5-7-11(8-6-10)9-17-13-4-2-3-12(15)14(13)16;1-2/h10-14H,2-9H2,1H3;1-2H3. The molecule has 19 heavy (non-hydrogen) atoms. The Labute approximate surface area is 117 Å². The number of hydrogen-bond acceptors (Lipinski definition) is 1. The molecule has 2 fully saturated rings. The predicted octanol–water partition coefficient (Wildman–Crippen LogP) is 5.08. The van der Waals surface area contributed by atoms with Crippen molar-refractivity contribution in [1.29, 1.82) is 0 Å². The summed E-state index contributed by atoms with van der Waals surface area (Å²) in [5.41, 5.74) is 0. The maximum Gasteiger partial charge on any atom is 0.157 e. The van der Waals surface area contributed by atoms with E-state index in [1.165, 1.54) is 25.7 Å². The molecule has 0 aliphatic heterocycles. The van der Waals surface area contributed by atoms with E-state index in [1.54, 1.807) is 0 Å². The molecule has 2 rings (SSSR count). The molecule has 0 N–H and O–H groups in total. The minimum absolute atomic E-state index is 0.363. The van der Waals surface area contributed by atoms with Gasteiger partial charge in [0, 0.05) is 6.61 Å². The van der Waals surface area contributed by atoms with Crippen LogP contribution in [0.5, 0.6) is 0 Å². The molecule has 0 spiro atoms. The van der Waals surface area contributed by atoms with E-state index < -0.39 is 18.4 Å². The molecule has 2 aliphatic carbocycles. The van der Waals surface area contributed by atoms with Crippen LogP contribution in [0.3, 0.4) is 0 Å². The lowest BCUT2D eigenvalue weighted by atomic mass is 9.83. The predicted molar refractivity (Wildman–Crippen MR) is 75.9 cm³/mol. The number of rotatable bonds is 3. The first-order valence-corrected chi connectivity index (χ1v) is 8.06. The van der Waals surface area contributed by atoms with Crippen molar-refractivity contribution in [3.05, 3.63) is 0 Å². The molecule has 0 amide bonds. The highest BCUT2D eigenvalue weighted by molar-refractivity contribution is 4.83. The van der Waals surface area contributed by atoms with Crippen LogP contribution in [-0.2, 0) is 4.74 Å². The molecule has 3 atom stereocenters. The van der Waals surface area contributed by atoms with Gasteiger partial charge < -0.3 is 4.74 Å². The molecular formula is C16H30F2O. The van der Waals surface area contributed by atoms with Gasteiger partial charge in [0.25, 0.3) is 0 Å². The zero-order valence-corrected chi connectivity index (χ0v) is 12.7. The Morgan fingerprint density at radius 3 is 2.21 bits per heavy atom. The molecule has 0 aromatic rings. The second-order valence-corrected chi connectivity index (χ2v) is 5.89. The second-order valence-electron chi connectivity index (χ2n) is 5.89. The summed E-state index contributed by atoms with van der Waals surface area (Å²) in [5.74, 6) is 1.39. The van der Waals surface area contributed by atoms with Crippen molar-refractivity contribution in [2.45, 2.75) is 84.2 Å². The average molecular weight is 276 g/mol. The number of ether oxygens (including phenoxy) is 1. The summed E-state index contributed by atoms with van der Waals surface area (Å²) in [5, 5.41) is 0. The normalized spacial score (nSPS) is 39.3. The summed E-state index contributed by atoms with van der Waals surface area (Å²) >= 11 is 0. The highest BCUT2D eigenvalue weighted by Crippen LogP contribution is 2.31. The minimum atomic E-state index is -1.40.